The van der Waals surface area contributed by atoms with Crippen molar-refractivity contribution < 1.29 is 38.7 Å². The first-order valence-electron chi connectivity index (χ1n) is 11.7. The maximum atomic E-state index is 11.2. The van der Waals surface area contributed by atoms with E-state index in [0.717, 1.165) is 39.6 Å². The number of nitrogens with zero attached hydrogens (tertiary/aromatic N) is 1. The zero-order valence-electron chi connectivity index (χ0n) is 19.9. The van der Waals surface area contributed by atoms with Gasteiger partial charge in [0.1, 0.15) is 42.4 Å². The summed E-state index contributed by atoms with van der Waals surface area (Å²) in [5.74, 6) is -0.142. The monoisotopic (exact) mass is 496 g/mol. The molecule has 2 aromatic heterocycles. The number of rotatable bonds is 7. The summed E-state index contributed by atoms with van der Waals surface area (Å²) in [5, 5.41) is 40.5. The summed E-state index contributed by atoms with van der Waals surface area (Å²) in [5.41, 5.74) is 4.38. The van der Waals surface area contributed by atoms with Crippen molar-refractivity contribution in [3.63, 3.8) is 0 Å². The van der Waals surface area contributed by atoms with Crippen LogP contribution in [0.1, 0.15) is 23.7 Å². The molecule has 10 heteroatoms. The number of esters is 1. The number of aromatic nitrogens is 2. The number of aliphatic hydroxyl groups is 3. The van der Waals surface area contributed by atoms with Crippen LogP contribution in [0.15, 0.2) is 47.1 Å². The van der Waals surface area contributed by atoms with Crippen LogP contribution in [0.25, 0.3) is 21.9 Å². The molecule has 0 unspecified atom stereocenters. The fourth-order valence-electron chi connectivity index (χ4n) is 4.50. The van der Waals surface area contributed by atoms with Crippen molar-refractivity contribution in [3.8, 4) is 5.75 Å². The van der Waals surface area contributed by atoms with E-state index in [2.05, 4.69) is 16.3 Å². The maximum absolute atomic E-state index is 11.2. The summed E-state index contributed by atoms with van der Waals surface area (Å²) < 4.78 is 22.1. The van der Waals surface area contributed by atoms with E-state index < -0.39 is 36.7 Å². The van der Waals surface area contributed by atoms with Gasteiger partial charge >= 0.3 is 5.97 Å². The molecule has 10 nitrogen and oxygen atoms in total. The number of carbonyl (C=O) groups is 1. The minimum Gasteiger partial charge on any atom is -0.464 e. The third-order valence-corrected chi connectivity index (χ3v) is 6.38. The summed E-state index contributed by atoms with van der Waals surface area (Å²) in [4.78, 5) is 11.2. The Balaban J connectivity index is 1.39. The third kappa shape index (κ3) is 4.80. The fraction of sp³-hybridized carbons (Fsp3) is 0.385. The SMILES string of the molecule is CC(=O)OC[C@H]1O[C@@H](Oc2cc(C)cc3n[nH]c(CCc4ccc5occc5c4)c23)[C@H](O)[C@@H](O)[C@@H]1O. The zero-order chi connectivity index (χ0) is 25.4. The number of nitrogens with one attached hydrogen (secondary N) is 1. The minimum absolute atomic E-state index is 0.290. The van der Waals surface area contributed by atoms with Gasteiger partial charge < -0.3 is 33.9 Å². The van der Waals surface area contributed by atoms with Crippen molar-refractivity contribution in [2.45, 2.75) is 57.4 Å². The molecule has 4 N–H and O–H groups in total. The molecule has 1 saturated heterocycles. The number of aliphatic hydroxyl groups excluding tert-OH is 3. The van der Waals surface area contributed by atoms with Gasteiger partial charge in [-0.2, -0.15) is 5.10 Å². The van der Waals surface area contributed by atoms with Gasteiger partial charge in [0.15, 0.2) is 0 Å². The highest BCUT2D eigenvalue weighted by Gasteiger charge is 2.45. The number of H-pyrrole nitrogens is 1. The van der Waals surface area contributed by atoms with Gasteiger partial charge in [-0.3, -0.25) is 9.89 Å². The van der Waals surface area contributed by atoms with Crippen LogP contribution in [-0.4, -0.2) is 68.8 Å². The predicted octanol–water partition coefficient (Wildman–Crippen LogP) is 2.15. The van der Waals surface area contributed by atoms with Gasteiger partial charge in [-0.05, 0) is 61.2 Å². The van der Waals surface area contributed by atoms with Crippen molar-refractivity contribution >= 4 is 27.8 Å². The van der Waals surface area contributed by atoms with Crippen LogP contribution in [0, 0.1) is 6.92 Å². The summed E-state index contributed by atoms with van der Waals surface area (Å²) in [7, 11) is 0. The van der Waals surface area contributed by atoms with Crippen LogP contribution in [0.2, 0.25) is 0 Å². The minimum atomic E-state index is -1.55. The van der Waals surface area contributed by atoms with Crippen molar-refractivity contribution in [2.75, 3.05) is 6.61 Å². The Labute approximate surface area is 206 Å². The Hall–Kier alpha value is -3.44. The molecule has 0 radical (unpaired) electrons. The molecule has 0 saturated carbocycles. The number of ether oxygens (including phenoxy) is 3. The fourth-order valence-corrected chi connectivity index (χ4v) is 4.50. The Bertz CT molecular complexity index is 1380. The summed E-state index contributed by atoms with van der Waals surface area (Å²) in [6, 6.07) is 11.7. The molecule has 3 heterocycles. The van der Waals surface area contributed by atoms with Crippen molar-refractivity contribution in [1.29, 1.82) is 0 Å². The molecule has 1 fully saturated rings. The smallest absolute Gasteiger partial charge is 0.302 e. The number of fused-ring (bicyclic) bond motifs is 2. The van der Waals surface area contributed by atoms with E-state index in [-0.39, 0.29) is 6.61 Å². The molecule has 36 heavy (non-hydrogen) atoms. The van der Waals surface area contributed by atoms with Crippen LogP contribution in [0.5, 0.6) is 5.75 Å². The number of aromatic amines is 1. The number of carbonyl (C=O) groups excluding carboxylic acids is 1. The average molecular weight is 497 g/mol. The van der Waals surface area contributed by atoms with Gasteiger partial charge in [-0.25, -0.2) is 0 Å². The highest BCUT2D eigenvalue weighted by molar-refractivity contribution is 5.88. The van der Waals surface area contributed by atoms with Crippen LogP contribution in [-0.2, 0) is 27.1 Å². The van der Waals surface area contributed by atoms with Gasteiger partial charge in [0.25, 0.3) is 0 Å². The highest BCUT2D eigenvalue weighted by Crippen LogP contribution is 2.33. The largest absolute Gasteiger partial charge is 0.464 e. The van der Waals surface area contributed by atoms with Crippen LogP contribution >= 0.6 is 0 Å². The first kappa shape index (κ1) is 24.3. The van der Waals surface area contributed by atoms with Crippen molar-refractivity contribution in [1.82, 2.24) is 10.2 Å². The average Bonchev–Trinajstić information content (AvgIpc) is 3.48. The van der Waals surface area contributed by atoms with Crippen molar-refractivity contribution in [3.05, 3.63) is 59.5 Å². The Morgan fingerprint density at radius 2 is 1.92 bits per heavy atom. The predicted molar refractivity (Wildman–Crippen MR) is 128 cm³/mol. The normalized spacial score (nSPS) is 24.3. The molecule has 4 aromatic rings. The van der Waals surface area contributed by atoms with Crippen LogP contribution in [0.4, 0.5) is 0 Å². The van der Waals surface area contributed by atoms with E-state index >= 15 is 0 Å². The zero-order valence-corrected chi connectivity index (χ0v) is 19.9. The standard InChI is InChI=1S/C26H28N2O8/c1-13-9-18-22(17(27-28-18)5-3-15-4-6-19-16(11-15)7-8-33-19)20(10-13)35-26-25(32)24(31)23(30)21(36-26)12-34-14(2)29/h4,6-11,21,23-26,30-32H,3,5,12H2,1-2H3,(H,27,28)/t21-,23-,24+,25-,26-/m1/s1. The van der Waals surface area contributed by atoms with Gasteiger partial charge in [0.2, 0.25) is 6.29 Å². The van der Waals surface area contributed by atoms with Gasteiger partial charge in [-0.15, -0.1) is 0 Å². The molecule has 0 aliphatic carbocycles. The summed E-state index contributed by atoms with van der Waals surface area (Å²) in [6.07, 6.45) is -3.86. The second kappa shape index (κ2) is 9.90. The van der Waals surface area contributed by atoms with E-state index in [0.29, 0.717) is 17.7 Å². The number of furan rings is 1. The summed E-state index contributed by atoms with van der Waals surface area (Å²) >= 11 is 0. The molecule has 190 valence electrons. The lowest BCUT2D eigenvalue weighted by Crippen LogP contribution is -2.60. The Morgan fingerprint density at radius 3 is 2.72 bits per heavy atom. The van der Waals surface area contributed by atoms with E-state index in [1.807, 2.05) is 31.2 Å². The maximum Gasteiger partial charge on any atom is 0.302 e. The number of aryl methyl sites for hydroxylation is 3. The molecule has 1 aliphatic rings. The molecule has 0 spiro atoms. The lowest BCUT2D eigenvalue weighted by atomic mass is 9.99. The van der Waals surface area contributed by atoms with Crippen LogP contribution in [0.3, 0.4) is 0 Å². The van der Waals surface area contributed by atoms with Crippen molar-refractivity contribution in [2.24, 2.45) is 0 Å². The van der Waals surface area contributed by atoms with Gasteiger partial charge in [0.05, 0.1) is 17.2 Å². The Morgan fingerprint density at radius 1 is 1.08 bits per heavy atom. The van der Waals surface area contributed by atoms with E-state index in [4.69, 9.17) is 18.6 Å². The lowest BCUT2D eigenvalue weighted by Gasteiger charge is -2.40. The summed E-state index contributed by atoms with van der Waals surface area (Å²) in [6.45, 7) is 2.83. The first-order chi connectivity index (χ1) is 17.3. The Kier molecular flexibility index (Phi) is 6.67. The van der Waals surface area contributed by atoms with Crippen LogP contribution < -0.4 is 4.74 Å². The molecule has 5 rings (SSSR count). The third-order valence-electron chi connectivity index (χ3n) is 6.38. The number of hydrogen-bond acceptors (Lipinski definition) is 9. The lowest BCUT2D eigenvalue weighted by molar-refractivity contribution is -0.278. The molecule has 0 bridgehead atoms. The second-order valence-corrected chi connectivity index (χ2v) is 9.09. The highest BCUT2D eigenvalue weighted by atomic mass is 16.7. The molecular weight excluding hydrogens is 468 g/mol. The van der Waals surface area contributed by atoms with Gasteiger partial charge in [0, 0.05) is 18.0 Å². The quantitative estimate of drug-likeness (QED) is 0.283. The van der Waals surface area contributed by atoms with E-state index in [9.17, 15) is 20.1 Å². The number of hydrogen-bond donors (Lipinski definition) is 4. The molecule has 1 aliphatic heterocycles. The molecular formula is C26H28N2O8. The first-order valence-corrected chi connectivity index (χ1v) is 11.7. The molecule has 0 amide bonds. The topological polar surface area (TPSA) is 147 Å². The van der Waals surface area contributed by atoms with Gasteiger partial charge in [-0.1, -0.05) is 6.07 Å². The van der Waals surface area contributed by atoms with E-state index in [1.54, 1.807) is 12.3 Å². The molecule has 5 atom stereocenters. The number of benzene rings is 2. The van der Waals surface area contributed by atoms with E-state index in [1.165, 1.54) is 6.92 Å². The molecule has 2 aromatic carbocycles. The second-order valence-electron chi connectivity index (χ2n) is 9.09.